The molecule has 0 aromatic heterocycles. The Morgan fingerprint density at radius 1 is 1.07 bits per heavy atom. The van der Waals surface area contributed by atoms with E-state index in [1.807, 2.05) is 50.2 Å². The van der Waals surface area contributed by atoms with Gasteiger partial charge in [-0.15, -0.1) is 0 Å². The number of ether oxygens (including phenoxy) is 1. The number of esters is 1. The number of anilines is 1. The standard InChI is InChI=1S/C24H22N2O4/c1-16-12-17(2)14-19(13-16)26(11-5-10-25)22(27)15-30-24(29)21-9-8-18-6-3-4-7-20(18)23(21)28/h3-4,6-9,12-14,28H,5,11,15H2,1-2H3. The molecule has 0 aliphatic rings. The van der Waals surface area contributed by atoms with Crippen LogP contribution in [0, 0.1) is 25.2 Å². The Hall–Kier alpha value is -3.85. The van der Waals surface area contributed by atoms with Gasteiger partial charge in [0.1, 0.15) is 11.3 Å². The van der Waals surface area contributed by atoms with Gasteiger partial charge in [-0.3, -0.25) is 4.79 Å². The van der Waals surface area contributed by atoms with Crippen LogP contribution in [0.2, 0.25) is 0 Å². The number of hydrogen-bond donors (Lipinski definition) is 1. The molecule has 0 aliphatic carbocycles. The molecule has 1 N–H and O–H groups in total. The third kappa shape index (κ3) is 4.58. The number of carbonyl (C=O) groups excluding carboxylic acids is 2. The van der Waals surface area contributed by atoms with Crippen LogP contribution in [0.3, 0.4) is 0 Å². The second-order valence-electron chi connectivity index (χ2n) is 7.06. The van der Waals surface area contributed by atoms with Crippen molar-refractivity contribution in [3.63, 3.8) is 0 Å². The summed E-state index contributed by atoms with van der Waals surface area (Å²) in [5.74, 6) is -1.41. The first-order chi connectivity index (χ1) is 14.4. The molecule has 3 aromatic rings. The van der Waals surface area contributed by atoms with Gasteiger partial charge in [-0.2, -0.15) is 5.26 Å². The fourth-order valence-electron chi connectivity index (χ4n) is 3.37. The van der Waals surface area contributed by atoms with Crippen molar-refractivity contribution in [2.24, 2.45) is 0 Å². The van der Waals surface area contributed by atoms with Gasteiger partial charge in [-0.25, -0.2) is 4.79 Å². The molecule has 0 saturated heterocycles. The Balaban J connectivity index is 1.77. The molecule has 3 aromatic carbocycles. The number of nitriles is 1. The van der Waals surface area contributed by atoms with E-state index in [9.17, 15) is 14.7 Å². The van der Waals surface area contributed by atoms with Crippen molar-refractivity contribution in [2.75, 3.05) is 18.1 Å². The summed E-state index contributed by atoms with van der Waals surface area (Å²) in [5, 5.41) is 20.7. The van der Waals surface area contributed by atoms with E-state index in [0.717, 1.165) is 16.5 Å². The highest BCUT2D eigenvalue weighted by Gasteiger charge is 2.20. The number of aromatic hydroxyl groups is 1. The maximum atomic E-state index is 12.8. The predicted octanol–water partition coefficient (Wildman–Crippen LogP) is 4.27. The molecular weight excluding hydrogens is 380 g/mol. The monoisotopic (exact) mass is 402 g/mol. The molecule has 6 nitrogen and oxygen atoms in total. The van der Waals surface area contributed by atoms with Gasteiger partial charge in [0.05, 0.1) is 12.5 Å². The molecule has 0 radical (unpaired) electrons. The molecule has 3 rings (SSSR count). The Kier molecular flexibility index (Phi) is 6.33. The van der Waals surface area contributed by atoms with Crippen LogP contribution in [0.4, 0.5) is 5.69 Å². The predicted molar refractivity (Wildman–Crippen MR) is 114 cm³/mol. The molecule has 0 aliphatic heterocycles. The highest BCUT2D eigenvalue weighted by Crippen LogP contribution is 2.29. The van der Waals surface area contributed by atoms with E-state index in [1.165, 1.54) is 11.0 Å². The quantitative estimate of drug-likeness (QED) is 0.622. The van der Waals surface area contributed by atoms with Gasteiger partial charge in [-0.05, 0) is 48.6 Å². The summed E-state index contributed by atoms with van der Waals surface area (Å²) in [6.45, 7) is 3.54. The van der Waals surface area contributed by atoms with Crippen LogP contribution in [-0.4, -0.2) is 30.1 Å². The van der Waals surface area contributed by atoms with E-state index in [1.54, 1.807) is 18.2 Å². The maximum absolute atomic E-state index is 12.8. The lowest BCUT2D eigenvalue weighted by atomic mass is 10.1. The molecule has 0 unspecified atom stereocenters. The van der Waals surface area contributed by atoms with Crippen molar-refractivity contribution < 1.29 is 19.4 Å². The van der Waals surface area contributed by atoms with Gasteiger partial charge in [-0.1, -0.05) is 36.4 Å². The van der Waals surface area contributed by atoms with Crippen molar-refractivity contribution >= 4 is 28.3 Å². The van der Waals surface area contributed by atoms with Gasteiger partial charge in [0, 0.05) is 17.6 Å². The molecule has 0 fully saturated rings. The largest absolute Gasteiger partial charge is 0.506 e. The van der Waals surface area contributed by atoms with E-state index >= 15 is 0 Å². The van der Waals surface area contributed by atoms with Gasteiger partial charge in [0.25, 0.3) is 5.91 Å². The minimum Gasteiger partial charge on any atom is -0.506 e. The second kappa shape index (κ2) is 9.10. The average molecular weight is 402 g/mol. The summed E-state index contributed by atoms with van der Waals surface area (Å²) in [5.41, 5.74) is 2.62. The Morgan fingerprint density at radius 2 is 1.77 bits per heavy atom. The molecule has 30 heavy (non-hydrogen) atoms. The molecule has 152 valence electrons. The van der Waals surface area contributed by atoms with E-state index in [2.05, 4.69) is 0 Å². The van der Waals surface area contributed by atoms with E-state index in [0.29, 0.717) is 11.1 Å². The second-order valence-corrected chi connectivity index (χ2v) is 7.06. The van der Waals surface area contributed by atoms with Crippen molar-refractivity contribution in [3.8, 4) is 11.8 Å². The lowest BCUT2D eigenvalue weighted by Gasteiger charge is -2.22. The Morgan fingerprint density at radius 3 is 2.47 bits per heavy atom. The number of amides is 1. The molecule has 6 heteroatoms. The number of aryl methyl sites for hydroxylation is 2. The highest BCUT2D eigenvalue weighted by atomic mass is 16.5. The summed E-state index contributed by atoms with van der Waals surface area (Å²) < 4.78 is 5.19. The first kappa shape index (κ1) is 20.9. The topological polar surface area (TPSA) is 90.6 Å². The lowest BCUT2D eigenvalue weighted by molar-refractivity contribution is -0.121. The van der Waals surface area contributed by atoms with Crippen LogP contribution < -0.4 is 4.90 Å². The zero-order chi connectivity index (χ0) is 21.7. The van der Waals surface area contributed by atoms with Crippen LogP contribution >= 0.6 is 0 Å². The minimum absolute atomic E-state index is 0.00326. The Bertz CT molecular complexity index is 1130. The first-order valence-corrected chi connectivity index (χ1v) is 9.54. The third-order valence-corrected chi connectivity index (χ3v) is 4.71. The zero-order valence-corrected chi connectivity index (χ0v) is 16.9. The number of phenols is 1. The summed E-state index contributed by atoms with van der Waals surface area (Å²) in [4.78, 5) is 26.7. The van der Waals surface area contributed by atoms with E-state index < -0.39 is 18.5 Å². The summed E-state index contributed by atoms with van der Waals surface area (Å²) in [6.07, 6.45) is 0.151. The highest BCUT2D eigenvalue weighted by molar-refractivity contribution is 6.02. The molecule has 0 saturated carbocycles. The summed E-state index contributed by atoms with van der Waals surface area (Å²) in [6, 6.07) is 18.0. The number of carbonyl (C=O) groups is 2. The summed E-state index contributed by atoms with van der Waals surface area (Å²) >= 11 is 0. The first-order valence-electron chi connectivity index (χ1n) is 9.54. The minimum atomic E-state index is -0.785. The van der Waals surface area contributed by atoms with Gasteiger partial charge in [0.2, 0.25) is 0 Å². The molecule has 0 spiro atoms. The fraction of sp³-hybridized carbons (Fsp3) is 0.208. The molecule has 1 amide bonds. The van der Waals surface area contributed by atoms with Gasteiger partial charge in [0.15, 0.2) is 6.61 Å². The smallest absolute Gasteiger partial charge is 0.342 e. The lowest BCUT2D eigenvalue weighted by Crippen LogP contribution is -2.35. The number of phenolic OH excluding ortho intramolecular Hbond substituents is 1. The fourth-order valence-corrected chi connectivity index (χ4v) is 3.37. The average Bonchev–Trinajstić information content (AvgIpc) is 2.72. The number of hydrogen-bond acceptors (Lipinski definition) is 5. The van der Waals surface area contributed by atoms with Gasteiger partial charge >= 0.3 is 5.97 Å². The number of benzene rings is 3. The van der Waals surface area contributed by atoms with Crippen LogP contribution in [0.1, 0.15) is 27.9 Å². The molecular formula is C24H22N2O4. The zero-order valence-electron chi connectivity index (χ0n) is 16.9. The Labute approximate surface area is 174 Å². The number of nitrogens with zero attached hydrogens (tertiary/aromatic N) is 2. The molecule has 0 heterocycles. The molecule has 0 bridgehead atoms. The molecule has 0 atom stereocenters. The van der Waals surface area contributed by atoms with Crippen LogP contribution in [0.15, 0.2) is 54.6 Å². The van der Waals surface area contributed by atoms with Crippen molar-refractivity contribution in [1.29, 1.82) is 5.26 Å². The number of fused-ring (bicyclic) bond motifs is 1. The number of rotatable bonds is 6. The van der Waals surface area contributed by atoms with E-state index in [4.69, 9.17) is 10.00 Å². The maximum Gasteiger partial charge on any atom is 0.342 e. The van der Waals surface area contributed by atoms with E-state index in [-0.39, 0.29) is 24.3 Å². The van der Waals surface area contributed by atoms with Crippen LogP contribution in [0.25, 0.3) is 10.8 Å². The van der Waals surface area contributed by atoms with Crippen LogP contribution in [0.5, 0.6) is 5.75 Å². The SMILES string of the molecule is Cc1cc(C)cc(N(CCC#N)C(=O)COC(=O)c2ccc3ccccc3c2O)c1. The van der Waals surface area contributed by atoms with Crippen molar-refractivity contribution in [2.45, 2.75) is 20.3 Å². The third-order valence-electron chi connectivity index (χ3n) is 4.71. The van der Waals surface area contributed by atoms with Crippen molar-refractivity contribution in [1.82, 2.24) is 0 Å². The van der Waals surface area contributed by atoms with Gasteiger partial charge < -0.3 is 14.7 Å². The van der Waals surface area contributed by atoms with Crippen LogP contribution in [-0.2, 0) is 9.53 Å². The van der Waals surface area contributed by atoms with Crippen molar-refractivity contribution in [3.05, 3.63) is 71.3 Å². The summed E-state index contributed by atoms with van der Waals surface area (Å²) in [7, 11) is 0. The normalized spacial score (nSPS) is 10.4.